The van der Waals surface area contributed by atoms with Crippen molar-refractivity contribution in [1.82, 2.24) is 0 Å². The van der Waals surface area contributed by atoms with Crippen LogP contribution >= 0.6 is 0 Å². The van der Waals surface area contributed by atoms with E-state index in [9.17, 15) is 0 Å². The number of aryl methyl sites for hydroxylation is 1. The maximum Gasteiger partial charge on any atom is 0.0105 e. The first-order valence-corrected chi connectivity index (χ1v) is 8.59. The van der Waals surface area contributed by atoms with E-state index < -0.39 is 0 Å². The molecule has 1 aromatic rings. The fourth-order valence-corrected chi connectivity index (χ4v) is 5.29. The first-order chi connectivity index (χ1) is 9.75. The fourth-order valence-electron chi connectivity index (χ4n) is 5.29. The van der Waals surface area contributed by atoms with Crippen LogP contribution in [0.15, 0.2) is 24.3 Å². The van der Waals surface area contributed by atoms with Gasteiger partial charge in [-0.2, -0.15) is 0 Å². The predicted octanol–water partition coefficient (Wildman–Crippen LogP) is 4.12. The van der Waals surface area contributed by atoms with Crippen molar-refractivity contribution in [3.05, 3.63) is 35.4 Å². The predicted molar refractivity (Wildman–Crippen MR) is 83.6 cm³/mol. The Balaban J connectivity index is 1.52. The van der Waals surface area contributed by atoms with Gasteiger partial charge < -0.3 is 5.73 Å². The van der Waals surface area contributed by atoms with Gasteiger partial charge in [0.2, 0.25) is 0 Å². The van der Waals surface area contributed by atoms with E-state index in [-0.39, 0.29) is 0 Å². The Kier molecular flexibility index (Phi) is 3.14. The molecule has 0 heterocycles. The van der Waals surface area contributed by atoms with Crippen LogP contribution in [-0.2, 0) is 6.42 Å². The molecule has 6 unspecified atom stereocenters. The third kappa shape index (κ3) is 2.02. The summed E-state index contributed by atoms with van der Waals surface area (Å²) < 4.78 is 0. The molecule has 0 amide bonds. The van der Waals surface area contributed by atoms with E-state index >= 15 is 0 Å². The number of nitrogens with two attached hydrogens (primary N) is 1. The monoisotopic (exact) mass is 269 g/mol. The molecule has 0 saturated heterocycles. The third-order valence-corrected chi connectivity index (χ3v) is 6.36. The van der Waals surface area contributed by atoms with Crippen molar-refractivity contribution in [1.29, 1.82) is 0 Å². The van der Waals surface area contributed by atoms with Gasteiger partial charge in [0.15, 0.2) is 0 Å². The summed E-state index contributed by atoms with van der Waals surface area (Å²) >= 11 is 0. The summed E-state index contributed by atoms with van der Waals surface area (Å²) in [6.07, 6.45) is 8.23. The summed E-state index contributed by atoms with van der Waals surface area (Å²) in [6, 6.07) is 9.56. The van der Waals surface area contributed by atoms with Gasteiger partial charge >= 0.3 is 0 Å². The van der Waals surface area contributed by atoms with Crippen LogP contribution in [0.2, 0.25) is 0 Å². The van der Waals surface area contributed by atoms with Crippen LogP contribution in [-0.4, -0.2) is 6.04 Å². The Morgan fingerprint density at radius 2 is 2.00 bits per heavy atom. The molecule has 3 aliphatic rings. The van der Waals surface area contributed by atoms with Crippen LogP contribution in [0, 0.1) is 23.7 Å². The molecule has 0 aliphatic heterocycles. The minimum Gasteiger partial charge on any atom is -0.327 e. The number of hydrogen-bond acceptors (Lipinski definition) is 1. The average molecular weight is 269 g/mol. The highest BCUT2D eigenvalue weighted by atomic mass is 14.8. The molecule has 2 fully saturated rings. The Labute approximate surface area is 122 Å². The summed E-state index contributed by atoms with van der Waals surface area (Å²) in [5.41, 5.74) is 9.96. The first kappa shape index (κ1) is 12.9. The molecule has 0 aromatic heterocycles. The summed E-state index contributed by atoms with van der Waals surface area (Å²) in [5.74, 6) is 4.17. The van der Waals surface area contributed by atoms with Crippen molar-refractivity contribution in [2.75, 3.05) is 0 Å². The molecular weight excluding hydrogens is 242 g/mol. The van der Waals surface area contributed by atoms with E-state index in [0.717, 1.165) is 29.6 Å². The number of benzene rings is 1. The molecule has 6 atom stereocenters. The van der Waals surface area contributed by atoms with Gasteiger partial charge in [-0.15, -0.1) is 0 Å². The summed E-state index contributed by atoms with van der Waals surface area (Å²) in [6.45, 7) is 2.41. The van der Waals surface area contributed by atoms with Crippen LogP contribution in [0.25, 0.3) is 0 Å². The lowest BCUT2D eigenvalue weighted by Gasteiger charge is -2.31. The lowest BCUT2D eigenvalue weighted by atomic mass is 9.77. The zero-order chi connectivity index (χ0) is 13.7. The SMILES string of the molecule is CC1CCCC(C(N)C2C3CCc4ccccc4C32)C1. The number of rotatable bonds is 2. The van der Waals surface area contributed by atoms with Crippen molar-refractivity contribution in [3.8, 4) is 0 Å². The van der Waals surface area contributed by atoms with E-state index in [0.29, 0.717) is 6.04 Å². The Bertz CT molecular complexity index is 494. The van der Waals surface area contributed by atoms with Gasteiger partial charge in [-0.05, 0) is 66.4 Å². The average Bonchev–Trinajstić information content (AvgIpc) is 3.21. The second-order valence-corrected chi connectivity index (χ2v) is 7.61. The van der Waals surface area contributed by atoms with E-state index in [1.165, 1.54) is 38.5 Å². The second kappa shape index (κ2) is 4.87. The fraction of sp³-hybridized carbons (Fsp3) is 0.684. The van der Waals surface area contributed by atoms with Crippen molar-refractivity contribution in [2.45, 2.75) is 57.4 Å². The van der Waals surface area contributed by atoms with Crippen LogP contribution < -0.4 is 5.73 Å². The van der Waals surface area contributed by atoms with Gasteiger partial charge in [0.1, 0.15) is 0 Å². The van der Waals surface area contributed by atoms with Crippen LogP contribution in [0.5, 0.6) is 0 Å². The molecule has 0 bridgehead atoms. The van der Waals surface area contributed by atoms with Crippen LogP contribution in [0.1, 0.15) is 56.1 Å². The summed E-state index contributed by atoms with van der Waals surface area (Å²) in [5, 5.41) is 0. The minimum atomic E-state index is 0.457. The Morgan fingerprint density at radius 3 is 2.85 bits per heavy atom. The molecular formula is C19H27N. The topological polar surface area (TPSA) is 26.0 Å². The van der Waals surface area contributed by atoms with Gasteiger partial charge in [-0.25, -0.2) is 0 Å². The standard InChI is InChI=1S/C19H27N/c1-12-5-4-7-14(11-12)19(20)18-16-10-9-13-6-2-3-8-15(13)17(16)18/h2-3,6,8,12,14,16-19H,4-5,7,9-11,20H2,1H3. The van der Waals surface area contributed by atoms with Crippen molar-refractivity contribution < 1.29 is 0 Å². The Hall–Kier alpha value is -0.820. The maximum absolute atomic E-state index is 6.73. The van der Waals surface area contributed by atoms with E-state index in [4.69, 9.17) is 5.73 Å². The zero-order valence-corrected chi connectivity index (χ0v) is 12.6. The maximum atomic E-state index is 6.73. The molecule has 3 aliphatic carbocycles. The summed E-state index contributed by atoms with van der Waals surface area (Å²) in [4.78, 5) is 0. The third-order valence-electron chi connectivity index (χ3n) is 6.36. The number of hydrogen-bond donors (Lipinski definition) is 1. The quantitative estimate of drug-likeness (QED) is 0.859. The molecule has 20 heavy (non-hydrogen) atoms. The van der Waals surface area contributed by atoms with Crippen molar-refractivity contribution in [2.24, 2.45) is 29.4 Å². The molecule has 4 rings (SSSR count). The van der Waals surface area contributed by atoms with Gasteiger partial charge in [0.05, 0.1) is 0 Å². The van der Waals surface area contributed by atoms with Crippen LogP contribution in [0.4, 0.5) is 0 Å². The summed E-state index contributed by atoms with van der Waals surface area (Å²) in [7, 11) is 0. The zero-order valence-electron chi connectivity index (χ0n) is 12.6. The molecule has 1 heteroatoms. The van der Waals surface area contributed by atoms with Gasteiger partial charge in [0.25, 0.3) is 0 Å². The first-order valence-electron chi connectivity index (χ1n) is 8.59. The van der Waals surface area contributed by atoms with E-state index in [1.54, 1.807) is 11.1 Å². The highest BCUT2D eigenvalue weighted by Crippen LogP contribution is 2.62. The smallest absolute Gasteiger partial charge is 0.0105 e. The molecule has 1 nitrogen and oxygen atoms in total. The molecule has 2 saturated carbocycles. The Morgan fingerprint density at radius 1 is 1.15 bits per heavy atom. The molecule has 1 aromatic carbocycles. The van der Waals surface area contributed by atoms with Gasteiger partial charge in [-0.3, -0.25) is 0 Å². The highest BCUT2D eigenvalue weighted by molar-refractivity contribution is 5.40. The van der Waals surface area contributed by atoms with E-state index in [1.807, 2.05) is 0 Å². The molecule has 108 valence electrons. The largest absolute Gasteiger partial charge is 0.327 e. The number of fused-ring (bicyclic) bond motifs is 3. The lowest BCUT2D eigenvalue weighted by molar-refractivity contribution is 0.228. The van der Waals surface area contributed by atoms with Gasteiger partial charge in [0, 0.05) is 6.04 Å². The lowest BCUT2D eigenvalue weighted by Crippen LogP contribution is -2.36. The minimum absolute atomic E-state index is 0.457. The molecule has 2 N–H and O–H groups in total. The molecule has 0 radical (unpaired) electrons. The normalized spacial score (nSPS) is 40.6. The van der Waals surface area contributed by atoms with E-state index in [2.05, 4.69) is 31.2 Å². The van der Waals surface area contributed by atoms with Gasteiger partial charge in [-0.1, -0.05) is 44.0 Å². The molecule has 0 spiro atoms. The second-order valence-electron chi connectivity index (χ2n) is 7.61. The highest BCUT2D eigenvalue weighted by Gasteiger charge is 2.56. The van der Waals surface area contributed by atoms with Crippen LogP contribution in [0.3, 0.4) is 0 Å². The van der Waals surface area contributed by atoms with Crippen molar-refractivity contribution >= 4 is 0 Å². The van der Waals surface area contributed by atoms with Crippen molar-refractivity contribution in [3.63, 3.8) is 0 Å².